The molecule has 0 atom stereocenters. The molecule has 1 N–H and O–H groups in total. The molecule has 0 aliphatic heterocycles. The first-order valence-electron chi connectivity index (χ1n) is 1.86. The largest absolute Gasteiger partial charge is 0.393 e. The van der Waals surface area contributed by atoms with Crippen molar-refractivity contribution in [2.45, 2.75) is 0 Å². The molecule has 0 aromatic heterocycles. The highest BCUT2D eigenvalue weighted by Crippen LogP contribution is 1.73. The van der Waals surface area contributed by atoms with Crippen molar-refractivity contribution in [3.05, 3.63) is 12.4 Å². The third kappa shape index (κ3) is 5.94. The Morgan fingerprint density at radius 3 is 2.86 bits per heavy atom. The van der Waals surface area contributed by atoms with Crippen molar-refractivity contribution in [1.82, 2.24) is 5.32 Å². The van der Waals surface area contributed by atoms with Gasteiger partial charge in [0.05, 0.1) is 4.22 Å². The SMILES string of the molecule is CN/C=C\N=C/I. The maximum atomic E-state index is 3.78. The third-order valence-corrected chi connectivity index (χ3v) is 0.705. The van der Waals surface area contributed by atoms with Crippen molar-refractivity contribution in [3.8, 4) is 0 Å². The molecular formula is C4H7IN2. The number of hydrogen-bond donors (Lipinski definition) is 1. The molecule has 40 valence electrons. The second kappa shape index (κ2) is 5.94. The summed E-state index contributed by atoms with van der Waals surface area (Å²) in [4.78, 5) is 3.78. The fraction of sp³-hybridized carbons (Fsp3) is 0.250. The summed E-state index contributed by atoms with van der Waals surface area (Å²) in [7, 11) is 1.83. The molecule has 0 fully saturated rings. The van der Waals surface area contributed by atoms with Crippen LogP contribution in [0.5, 0.6) is 0 Å². The van der Waals surface area contributed by atoms with Gasteiger partial charge in [-0.1, -0.05) is 0 Å². The van der Waals surface area contributed by atoms with Crippen LogP contribution < -0.4 is 5.32 Å². The zero-order chi connectivity index (χ0) is 5.54. The van der Waals surface area contributed by atoms with Crippen LogP contribution in [0.4, 0.5) is 0 Å². The molecule has 7 heavy (non-hydrogen) atoms. The van der Waals surface area contributed by atoms with Gasteiger partial charge in [-0.25, -0.2) is 0 Å². The van der Waals surface area contributed by atoms with E-state index >= 15 is 0 Å². The second-order valence-electron chi connectivity index (χ2n) is 0.851. The number of nitrogens with one attached hydrogen (secondary N) is 1. The van der Waals surface area contributed by atoms with Gasteiger partial charge in [0.1, 0.15) is 0 Å². The van der Waals surface area contributed by atoms with Crippen molar-refractivity contribution in [1.29, 1.82) is 0 Å². The summed E-state index contributed by atoms with van der Waals surface area (Å²) < 4.78 is 1.70. The Bertz CT molecular complexity index is 77.8. The van der Waals surface area contributed by atoms with Crippen LogP contribution in [0, 0.1) is 0 Å². The quantitative estimate of drug-likeness (QED) is 0.536. The molecule has 0 unspecified atom stereocenters. The van der Waals surface area contributed by atoms with Gasteiger partial charge < -0.3 is 5.32 Å². The van der Waals surface area contributed by atoms with Gasteiger partial charge in [0.2, 0.25) is 0 Å². The number of rotatable bonds is 2. The van der Waals surface area contributed by atoms with Gasteiger partial charge in [0.25, 0.3) is 0 Å². The molecule has 0 aromatic carbocycles. The zero-order valence-corrected chi connectivity index (χ0v) is 6.21. The summed E-state index contributed by atoms with van der Waals surface area (Å²) in [6, 6.07) is 0. The summed E-state index contributed by atoms with van der Waals surface area (Å²) in [6.45, 7) is 0. The van der Waals surface area contributed by atoms with Crippen molar-refractivity contribution in [2.75, 3.05) is 7.05 Å². The topological polar surface area (TPSA) is 24.4 Å². The van der Waals surface area contributed by atoms with Gasteiger partial charge in [-0.3, -0.25) is 4.99 Å². The zero-order valence-electron chi connectivity index (χ0n) is 4.06. The van der Waals surface area contributed by atoms with E-state index in [-0.39, 0.29) is 0 Å². The number of hydrogen-bond acceptors (Lipinski definition) is 2. The third-order valence-electron chi connectivity index (χ3n) is 0.384. The monoisotopic (exact) mass is 210 g/mol. The van der Waals surface area contributed by atoms with E-state index in [0.29, 0.717) is 0 Å². The number of aliphatic imine (C=N–C) groups is 1. The van der Waals surface area contributed by atoms with Crippen molar-refractivity contribution in [3.63, 3.8) is 0 Å². The lowest BCUT2D eigenvalue weighted by Gasteiger charge is -1.77. The summed E-state index contributed by atoms with van der Waals surface area (Å²) in [6.07, 6.45) is 3.45. The van der Waals surface area contributed by atoms with E-state index in [1.807, 2.05) is 7.05 Å². The van der Waals surface area contributed by atoms with E-state index in [1.54, 1.807) is 16.6 Å². The minimum atomic E-state index is 1.69. The molecule has 0 radical (unpaired) electrons. The van der Waals surface area contributed by atoms with Gasteiger partial charge in [-0.2, -0.15) is 0 Å². The molecule has 2 nitrogen and oxygen atoms in total. The van der Waals surface area contributed by atoms with Crippen LogP contribution in [0.1, 0.15) is 0 Å². The molecule has 0 aliphatic carbocycles. The molecule has 0 bridgehead atoms. The van der Waals surface area contributed by atoms with Crippen LogP contribution in [-0.4, -0.2) is 11.3 Å². The van der Waals surface area contributed by atoms with Crippen LogP contribution in [0.2, 0.25) is 0 Å². The lowest BCUT2D eigenvalue weighted by atomic mass is 10.9. The van der Waals surface area contributed by atoms with E-state index < -0.39 is 0 Å². The molecule has 0 aromatic rings. The summed E-state index contributed by atoms with van der Waals surface area (Å²) >= 11 is 2.06. The van der Waals surface area contributed by atoms with Gasteiger partial charge in [-0.15, -0.1) is 0 Å². The molecule has 0 amide bonds. The maximum absolute atomic E-state index is 3.78. The van der Waals surface area contributed by atoms with E-state index in [4.69, 9.17) is 0 Å². The molecule has 0 heterocycles. The number of halogens is 1. The smallest absolute Gasteiger partial charge is 0.0651 e. The highest BCUT2D eigenvalue weighted by atomic mass is 127. The minimum Gasteiger partial charge on any atom is -0.393 e. The summed E-state index contributed by atoms with van der Waals surface area (Å²) in [5.74, 6) is 0. The van der Waals surface area contributed by atoms with Crippen LogP contribution in [0.3, 0.4) is 0 Å². The van der Waals surface area contributed by atoms with Crippen LogP contribution in [0.25, 0.3) is 0 Å². The van der Waals surface area contributed by atoms with Crippen LogP contribution >= 0.6 is 22.6 Å². The summed E-state index contributed by atoms with van der Waals surface area (Å²) in [5.41, 5.74) is 0. The van der Waals surface area contributed by atoms with Crippen LogP contribution in [0.15, 0.2) is 17.4 Å². The lowest BCUT2D eigenvalue weighted by Crippen LogP contribution is -1.89. The molecule has 0 aliphatic rings. The molecular weight excluding hydrogens is 203 g/mol. The van der Waals surface area contributed by atoms with Gasteiger partial charge in [-0.05, 0) is 22.6 Å². The van der Waals surface area contributed by atoms with Crippen molar-refractivity contribution >= 4 is 26.8 Å². The van der Waals surface area contributed by atoms with E-state index in [0.717, 1.165) is 0 Å². The highest BCUT2D eigenvalue weighted by Gasteiger charge is 1.55. The van der Waals surface area contributed by atoms with E-state index in [9.17, 15) is 0 Å². The van der Waals surface area contributed by atoms with Gasteiger partial charge in [0, 0.05) is 19.4 Å². The average molecular weight is 210 g/mol. The van der Waals surface area contributed by atoms with Crippen LogP contribution in [-0.2, 0) is 0 Å². The first kappa shape index (κ1) is 6.94. The Labute approximate surface area is 56.9 Å². The Hall–Kier alpha value is -0.0600. The fourth-order valence-electron chi connectivity index (χ4n) is 0.150. The Kier molecular flexibility index (Phi) is 5.89. The predicted molar refractivity (Wildman–Crippen MR) is 40.7 cm³/mol. The summed E-state index contributed by atoms with van der Waals surface area (Å²) in [5, 5.41) is 2.80. The first-order valence-corrected chi connectivity index (χ1v) is 3.10. The molecule has 0 saturated carbocycles. The standard InChI is InChI=1S/C4H7IN2/c1-6-2-3-7-4-5/h2-4,6H,1H3/b3-2-,7-4-. The predicted octanol–water partition coefficient (Wildman–Crippen LogP) is 1.14. The lowest BCUT2D eigenvalue weighted by molar-refractivity contribution is 1.10. The Morgan fingerprint density at radius 2 is 2.43 bits per heavy atom. The first-order chi connectivity index (χ1) is 3.41. The fourth-order valence-corrected chi connectivity index (χ4v) is 0.336. The average Bonchev–Trinajstić information content (AvgIpc) is 1.69. The molecule has 0 saturated heterocycles. The van der Waals surface area contributed by atoms with E-state index in [1.165, 1.54) is 0 Å². The van der Waals surface area contributed by atoms with Crippen molar-refractivity contribution in [2.24, 2.45) is 4.99 Å². The molecule has 3 heteroatoms. The van der Waals surface area contributed by atoms with Gasteiger partial charge in [0.15, 0.2) is 0 Å². The van der Waals surface area contributed by atoms with Gasteiger partial charge >= 0.3 is 0 Å². The maximum Gasteiger partial charge on any atom is 0.0651 e. The highest BCUT2D eigenvalue weighted by molar-refractivity contribution is 14.1. The van der Waals surface area contributed by atoms with Crippen molar-refractivity contribution < 1.29 is 0 Å². The Balaban J connectivity index is 3.09. The molecule has 0 rings (SSSR count). The second-order valence-corrected chi connectivity index (χ2v) is 1.41. The minimum absolute atomic E-state index is 1.69. The molecule has 0 spiro atoms. The number of nitrogens with zero attached hydrogens (tertiary/aromatic N) is 1. The van der Waals surface area contributed by atoms with E-state index in [2.05, 4.69) is 32.9 Å². The Morgan fingerprint density at radius 1 is 1.71 bits per heavy atom. The normalized spacial score (nSPS) is 11.1.